The topological polar surface area (TPSA) is 87.9 Å². The maximum absolute atomic E-state index is 12.3. The Balaban J connectivity index is 2.04. The van der Waals surface area contributed by atoms with E-state index in [-0.39, 0.29) is 6.54 Å². The smallest absolute Gasteiger partial charge is 0.336 e. The zero-order valence-corrected chi connectivity index (χ0v) is 14.5. The molecule has 7 nitrogen and oxygen atoms in total. The van der Waals surface area contributed by atoms with Crippen LogP contribution in [0.2, 0.25) is 0 Å². The molecule has 4 amide bonds. The second-order valence-corrected chi connectivity index (χ2v) is 6.59. The highest BCUT2D eigenvalue weighted by molar-refractivity contribution is 9.10. The summed E-state index contributed by atoms with van der Waals surface area (Å²) in [5.74, 6) is -1.75. The molecule has 1 fully saturated rings. The standard InChI is InChI=1S/C16H13BrN2O5/c1-8(2)19-15(22)14(21)18(16(19)23)7-9-5-13(20)24-12-6-10(17)3-4-11(9)12/h3-6,8H,7H2,1-2H3. The molecule has 0 bridgehead atoms. The minimum atomic E-state index is -0.896. The highest BCUT2D eigenvalue weighted by Crippen LogP contribution is 2.24. The van der Waals surface area contributed by atoms with Gasteiger partial charge in [-0.15, -0.1) is 0 Å². The van der Waals surface area contributed by atoms with Gasteiger partial charge in [0.1, 0.15) is 5.58 Å². The molecule has 8 heteroatoms. The monoisotopic (exact) mass is 392 g/mol. The Morgan fingerprint density at radius 1 is 1.08 bits per heavy atom. The van der Waals surface area contributed by atoms with Crippen molar-refractivity contribution in [1.82, 2.24) is 9.80 Å². The third kappa shape index (κ3) is 2.62. The number of halogens is 1. The van der Waals surface area contributed by atoms with Crippen molar-refractivity contribution in [3.8, 4) is 0 Å². The zero-order chi connectivity index (χ0) is 17.6. The Bertz CT molecular complexity index is 934. The molecule has 24 heavy (non-hydrogen) atoms. The molecule has 124 valence electrons. The molecule has 0 saturated carbocycles. The van der Waals surface area contributed by atoms with Crippen molar-refractivity contribution in [2.24, 2.45) is 0 Å². The van der Waals surface area contributed by atoms with E-state index >= 15 is 0 Å². The van der Waals surface area contributed by atoms with Crippen molar-refractivity contribution in [3.05, 3.63) is 44.7 Å². The van der Waals surface area contributed by atoms with Crippen molar-refractivity contribution >= 4 is 44.7 Å². The lowest BCUT2D eigenvalue weighted by molar-refractivity contribution is -0.144. The van der Waals surface area contributed by atoms with Crippen LogP contribution in [0.3, 0.4) is 0 Å². The predicted molar refractivity (Wildman–Crippen MR) is 88.1 cm³/mol. The van der Waals surface area contributed by atoms with Gasteiger partial charge in [-0.05, 0) is 37.6 Å². The van der Waals surface area contributed by atoms with Gasteiger partial charge in [-0.25, -0.2) is 9.59 Å². The summed E-state index contributed by atoms with van der Waals surface area (Å²) in [6.07, 6.45) is 0. The Morgan fingerprint density at radius 3 is 2.42 bits per heavy atom. The van der Waals surface area contributed by atoms with Gasteiger partial charge in [0.25, 0.3) is 0 Å². The second-order valence-electron chi connectivity index (χ2n) is 5.67. The number of imide groups is 2. The summed E-state index contributed by atoms with van der Waals surface area (Å²) in [5.41, 5.74) is 0.175. The fraction of sp³-hybridized carbons (Fsp3) is 0.250. The van der Waals surface area contributed by atoms with Crippen LogP contribution in [0.4, 0.5) is 4.79 Å². The SMILES string of the molecule is CC(C)N1C(=O)C(=O)N(Cc2cc(=O)oc3cc(Br)ccc23)C1=O. The number of carbonyl (C=O) groups excluding carboxylic acids is 3. The van der Waals surface area contributed by atoms with E-state index < -0.39 is 29.5 Å². The molecule has 0 atom stereocenters. The molecule has 1 aromatic carbocycles. The lowest BCUT2D eigenvalue weighted by atomic mass is 10.1. The molecule has 0 unspecified atom stereocenters. The number of nitrogens with zero attached hydrogens (tertiary/aromatic N) is 2. The van der Waals surface area contributed by atoms with Gasteiger partial charge in [0, 0.05) is 22.0 Å². The number of fused-ring (bicyclic) bond motifs is 1. The average molecular weight is 393 g/mol. The Morgan fingerprint density at radius 2 is 1.79 bits per heavy atom. The van der Waals surface area contributed by atoms with Crippen LogP contribution < -0.4 is 5.63 Å². The molecule has 2 aromatic rings. The molecule has 1 aliphatic heterocycles. The first-order chi connectivity index (χ1) is 11.3. The van der Waals surface area contributed by atoms with Crippen LogP contribution in [0.1, 0.15) is 19.4 Å². The van der Waals surface area contributed by atoms with Crippen LogP contribution >= 0.6 is 15.9 Å². The van der Waals surface area contributed by atoms with Crippen LogP contribution in [-0.4, -0.2) is 33.7 Å². The predicted octanol–water partition coefficient (Wildman–Crippen LogP) is 2.25. The van der Waals surface area contributed by atoms with E-state index in [0.717, 1.165) is 14.3 Å². The Kier molecular flexibility index (Phi) is 4.00. The van der Waals surface area contributed by atoms with Crippen molar-refractivity contribution in [3.63, 3.8) is 0 Å². The van der Waals surface area contributed by atoms with Crippen LogP contribution in [-0.2, 0) is 16.1 Å². The summed E-state index contributed by atoms with van der Waals surface area (Å²) in [6.45, 7) is 3.13. The molecule has 0 aliphatic carbocycles. The number of amides is 4. The third-order valence-electron chi connectivity index (χ3n) is 3.72. The fourth-order valence-electron chi connectivity index (χ4n) is 2.62. The van der Waals surface area contributed by atoms with Gasteiger partial charge in [-0.1, -0.05) is 15.9 Å². The summed E-state index contributed by atoms with van der Waals surface area (Å²) in [7, 11) is 0. The first-order valence-corrected chi connectivity index (χ1v) is 8.00. The normalized spacial score (nSPS) is 15.2. The van der Waals surface area contributed by atoms with E-state index in [1.807, 2.05) is 0 Å². The van der Waals surface area contributed by atoms with E-state index in [2.05, 4.69) is 15.9 Å². The van der Waals surface area contributed by atoms with E-state index in [1.54, 1.807) is 32.0 Å². The highest BCUT2D eigenvalue weighted by atomic mass is 79.9. The van der Waals surface area contributed by atoms with Crippen LogP contribution in [0.15, 0.2) is 37.9 Å². The van der Waals surface area contributed by atoms with E-state index in [4.69, 9.17) is 4.42 Å². The van der Waals surface area contributed by atoms with Crippen molar-refractivity contribution in [1.29, 1.82) is 0 Å². The fourth-order valence-corrected chi connectivity index (χ4v) is 2.96. The number of benzene rings is 1. The van der Waals surface area contributed by atoms with Crippen LogP contribution in [0.25, 0.3) is 11.0 Å². The maximum Gasteiger partial charge on any atom is 0.336 e. The van der Waals surface area contributed by atoms with Gasteiger partial charge in [0.15, 0.2) is 0 Å². The second kappa shape index (κ2) is 5.86. The van der Waals surface area contributed by atoms with E-state index in [1.165, 1.54) is 6.07 Å². The van der Waals surface area contributed by atoms with Gasteiger partial charge in [0.05, 0.1) is 6.54 Å². The summed E-state index contributed by atoms with van der Waals surface area (Å²) in [6, 6.07) is 5.21. The first kappa shape index (κ1) is 16.4. The lowest BCUT2D eigenvalue weighted by Gasteiger charge is -2.18. The van der Waals surface area contributed by atoms with Crippen molar-refractivity contribution in [2.75, 3.05) is 0 Å². The van der Waals surface area contributed by atoms with Crippen molar-refractivity contribution < 1.29 is 18.8 Å². The molecule has 0 spiro atoms. The van der Waals surface area contributed by atoms with Crippen LogP contribution in [0, 0.1) is 0 Å². The van der Waals surface area contributed by atoms with Gasteiger partial charge in [-0.3, -0.25) is 19.4 Å². The summed E-state index contributed by atoms with van der Waals surface area (Å²) in [5, 5.41) is 0.592. The molecular weight excluding hydrogens is 380 g/mol. The van der Waals surface area contributed by atoms with E-state index in [0.29, 0.717) is 16.5 Å². The number of hydrogen-bond acceptors (Lipinski definition) is 5. The Labute approximate surface area is 144 Å². The Hall–Kier alpha value is -2.48. The van der Waals surface area contributed by atoms with Gasteiger partial charge in [0.2, 0.25) is 0 Å². The third-order valence-corrected chi connectivity index (χ3v) is 4.21. The summed E-state index contributed by atoms with van der Waals surface area (Å²) in [4.78, 5) is 49.9. The molecule has 3 rings (SSSR count). The summed E-state index contributed by atoms with van der Waals surface area (Å²) < 4.78 is 5.86. The molecule has 1 aromatic heterocycles. The number of rotatable bonds is 3. The molecule has 1 saturated heterocycles. The van der Waals surface area contributed by atoms with Gasteiger partial charge < -0.3 is 4.42 Å². The molecular formula is C16H13BrN2O5. The minimum absolute atomic E-state index is 0.170. The van der Waals surface area contributed by atoms with Crippen molar-refractivity contribution in [2.45, 2.75) is 26.4 Å². The molecule has 0 N–H and O–H groups in total. The minimum Gasteiger partial charge on any atom is -0.423 e. The number of carbonyl (C=O) groups is 3. The van der Waals surface area contributed by atoms with Crippen LogP contribution in [0.5, 0.6) is 0 Å². The van der Waals surface area contributed by atoms with Gasteiger partial charge >= 0.3 is 23.5 Å². The van der Waals surface area contributed by atoms with E-state index in [9.17, 15) is 19.2 Å². The molecule has 0 radical (unpaired) electrons. The number of urea groups is 1. The molecule has 1 aliphatic rings. The summed E-state index contributed by atoms with van der Waals surface area (Å²) >= 11 is 3.29. The average Bonchev–Trinajstić information content (AvgIpc) is 2.70. The highest BCUT2D eigenvalue weighted by Gasteiger charge is 2.45. The molecule has 2 heterocycles. The zero-order valence-electron chi connectivity index (χ0n) is 12.9. The number of hydrogen-bond donors (Lipinski definition) is 0. The van der Waals surface area contributed by atoms with Gasteiger partial charge in [-0.2, -0.15) is 0 Å². The largest absolute Gasteiger partial charge is 0.423 e. The quantitative estimate of drug-likeness (QED) is 0.454. The lowest BCUT2D eigenvalue weighted by Crippen LogP contribution is -2.38. The first-order valence-electron chi connectivity index (χ1n) is 7.21. The maximum atomic E-state index is 12.3.